The number of carbonyl (C=O) groups is 2. The maximum absolute atomic E-state index is 12.6. The van der Waals surface area contributed by atoms with Crippen LogP contribution in [0.1, 0.15) is 52.4 Å². The summed E-state index contributed by atoms with van der Waals surface area (Å²) in [6.07, 6.45) is 5.95. The molecule has 1 aliphatic heterocycles. The minimum atomic E-state index is -0.841. The predicted molar refractivity (Wildman–Crippen MR) is 106 cm³/mol. The Kier molecular flexibility index (Phi) is 8.10. The van der Waals surface area contributed by atoms with Crippen LogP contribution in [0, 0.1) is 0 Å². The van der Waals surface area contributed by atoms with Crippen LogP contribution in [0.25, 0.3) is 0 Å². The summed E-state index contributed by atoms with van der Waals surface area (Å²) in [5.74, 6) is 0.477. The zero-order chi connectivity index (χ0) is 19.7. The molecule has 6 heteroatoms. The minimum Gasteiger partial charge on any atom is -0.484 e. The molecule has 1 heterocycles. The van der Waals surface area contributed by atoms with Crippen molar-refractivity contribution in [2.24, 2.45) is 0 Å². The Morgan fingerprint density at radius 1 is 1.15 bits per heavy atom. The number of nitrogens with one attached hydrogen (secondary N) is 1. The summed E-state index contributed by atoms with van der Waals surface area (Å²) in [7, 11) is 1.57. The Morgan fingerprint density at radius 3 is 2.41 bits per heavy atom. The normalized spacial score (nSPS) is 16.0. The monoisotopic (exact) mass is 376 g/mol. The SMILES string of the molecule is CCCCC[C@](C)(OC)C(=O)Nc1ccc(OCC(=O)N2CCCC2)cc1. The Labute approximate surface area is 162 Å². The van der Waals surface area contributed by atoms with E-state index in [0.29, 0.717) is 17.9 Å². The molecular weight excluding hydrogens is 344 g/mol. The summed E-state index contributed by atoms with van der Waals surface area (Å²) < 4.78 is 11.0. The van der Waals surface area contributed by atoms with Gasteiger partial charge in [-0.05, 0) is 50.5 Å². The quantitative estimate of drug-likeness (QED) is 0.634. The fourth-order valence-electron chi connectivity index (χ4n) is 3.12. The standard InChI is InChI=1S/C21H32N2O4/c1-4-5-6-13-21(2,26-3)20(25)22-17-9-11-18(12-10-17)27-16-19(24)23-14-7-8-15-23/h9-12H,4-8,13-16H2,1-3H3,(H,22,25)/t21-/m0/s1. The Hall–Kier alpha value is -2.08. The van der Waals surface area contributed by atoms with Crippen molar-refractivity contribution in [2.75, 3.05) is 32.1 Å². The van der Waals surface area contributed by atoms with E-state index < -0.39 is 5.60 Å². The maximum Gasteiger partial charge on any atom is 0.260 e. The molecule has 1 fully saturated rings. The number of hydrogen-bond acceptors (Lipinski definition) is 4. The molecule has 0 saturated carbocycles. The fraction of sp³-hybridized carbons (Fsp3) is 0.619. The third-order valence-corrected chi connectivity index (χ3v) is 5.12. The molecule has 1 N–H and O–H groups in total. The van der Waals surface area contributed by atoms with E-state index in [0.717, 1.165) is 45.2 Å². The molecule has 0 aromatic heterocycles. The first-order valence-corrected chi connectivity index (χ1v) is 9.86. The van der Waals surface area contributed by atoms with E-state index in [-0.39, 0.29) is 18.4 Å². The van der Waals surface area contributed by atoms with Gasteiger partial charge in [0.2, 0.25) is 0 Å². The first kappa shape index (κ1) is 21.2. The van der Waals surface area contributed by atoms with Crippen molar-refractivity contribution < 1.29 is 19.1 Å². The Bertz CT molecular complexity index is 611. The van der Waals surface area contributed by atoms with Crippen LogP contribution in [0.15, 0.2) is 24.3 Å². The number of benzene rings is 1. The highest BCUT2D eigenvalue weighted by atomic mass is 16.5. The van der Waals surface area contributed by atoms with Gasteiger partial charge in [-0.25, -0.2) is 0 Å². The highest BCUT2D eigenvalue weighted by molar-refractivity contribution is 5.97. The smallest absolute Gasteiger partial charge is 0.260 e. The van der Waals surface area contributed by atoms with Crippen LogP contribution < -0.4 is 10.1 Å². The number of amides is 2. The minimum absolute atomic E-state index is 0.0211. The second kappa shape index (κ2) is 10.3. The van der Waals surface area contributed by atoms with Crippen LogP contribution in [0.2, 0.25) is 0 Å². The molecule has 2 rings (SSSR count). The summed E-state index contributed by atoms with van der Waals surface area (Å²) in [5.41, 5.74) is -0.163. The van der Waals surface area contributed by atoms with E-state index in [9.17, 15) is 9.59 Å². The first-order valence-electron chi connectivity index (χ1n) is 9.86. The van der Waals surface area contributed by atoms with E-state index in [2.05, 4.69) is 12.2 Å². The zero-order valence-electron chi connectivity index (χ0n) is 16.8. The number of unbranched alkanes of at least 4 members (excludes halogenated alkanes) is 2. The number of likely N-dealkylation sites (tertiary alicyclic amines) is 1. The van der Waals surface area contributed by atoms with E-state index >= 15 is 0 Å². The lowest BCUT2D eigenvalue weighted by Gasteiger charge is -2.27. The van der Waals surface area contributed by atoms with Crippen LogP contribution >= 0.6 is 0 Å². The third kappa shape index (κ3) is 6.24. The molecule has 1 aromatic carbocycles. The average Bonchev–Trinajstić information content (AvgIpc) is 3.22. The van der Waals surface area contributed by atoms with Gasteiger partial charge in [-0.3, -0.25) is 9.59 Å². The van der Waals surface area contributed by atoms with Crippen LogP contribution in [0.5, 0.6) is 5.75 Å². The molecule has 1 saturated heterocycles. The van der Waals surface area contributed by atoms with Crippen LogP contribution in [0.3, 0.4) is 0 Å². The van der Waals surface area contributed by atoms with Crippen molar-refractivity contribution in [1.82, 2.24) is 4.90 Å². The highest BCUT2D eigenvalue weighted by Crippen LogP contribution is 2.22. The molecule has 0 bridgehead atoms. The number of methoxy groups -OCH3 is 1. The van der Waals surface area contributed by atoms with E-state index in [4.69, 9.17) is 9.47 Å². The lowest BCUT2D eigenvalue weighted by atomic mass is 9.97. The molecule has 0 unspecified atom stereocenters. The van der Waals surface area contributed by atoms with Gasteiger partial charge in [0.25, 0.3) is 11.8 Å². The largest absolute Gasteiger partial charge is 0.484 e. The van der Waals surface area contributed by atoms with Crippen LogP contribution in [-0.2, 0) is 14.3 Å². The number of anilines is 1. The van der Waals surface area contributed by atoms with Crippen molar-refractivity contribution in [3.05, 3.63) is 24.3 Å². The second-order valence-electron chi connectivity index (χ2n) is 7.25. The van der Waals surface area contributed by atoms with Crippen molar-refractivity contribution in [2.45, 2.75) is 58.0 Å². The number of hydrogen-bond donors (Lipinski definition) is 1. The van der Waals surface area contributed by atoms with E-state index in [1.165, 1.54) is 0 Å². The zero-order valence-corrected chi connectivity index (χ0v) is 16.8. The van der Waals surface area contributed by atoms with Crippen LogP contribution in [0.4, 0.5) is 5.69 Å². The molecule has 1 aliphatic rings. The lowest BCUT2D eigenvalue weighted by Crippen LogP contribution is -2.41. The van der Waals surface area contributed by atoms with E-state index in [1.54, 1.807) is 31.4 Å². The maximum atomic E-state index is 12.6. The van der Waals surface area contributed by atoms with Gasteiger partial charge in [0.1, 0.15) is 11.4 Å². The third-order valence-electron chi connectivity index (χ3n) is 5.12. The number of nitrogens with zero attached hydrogens (tertiary/aromatic N) is 1. The molecule has 0 spiro atoms. The van der Waals surface area contributed by atoms with Crippen molar-refractivity contribution >= 4 is 17.5 Å². The highest BCUT2D eigenvalue weighted by Gasteiger charge is 2.32. The average molecular weight is 376 g/mol. The van der Waals surface area contributed by atoms with Gasteiger partial charge in [-0.15, -0.1) is 0 Å². The molecule has 150 valence electrons. The van der Waals surface area contributed by atoms with Gasteiger partial charge >= 0.3 is 0 Å². The molecule has 2 amide bonds. The van der Waals surface area contributed by atoms with Crippen molar-refractivity contribution in [3.8, 4) is 5.75 Å². The first-order chi connectivity index (χ1) is 13.0. The molecule has 27 heavy (non-hydrogen) atoms. The molecule has 1 atom stereocenters. The number of rotatable bonds is 10. The summed E-state index contributed by atoms with van der Waals surface area (Å²) >= 11 is 0. The lowest BCUT2D eigenvalue weighted by molar-refractivity contribution is -0.136. The summed E-state index contributed by atoms with van der Waals surface area (Å²) in [4.78, 5) is 26.4. The molecule has 0 radical (unpaired) electrons. The van der Waals surface area contributed by atoms with Crippen molar-refractivity contribution in [3.63, 3.8) is 0 Å². The topological polar surface area (TPSA) is 67.9 Å². The van der Waals surface area contributed by atoms with Gasteiger partial charge in [0.05, 0.1) is 0 Å². The summed E-state index contributed by atoms with van der Waals surface area (Å²) in [5, 5.41) is 2.90. The van der Waals surface area contributed by atoms with Gasteiger partial charge in [-0.2, -0.15) is 0 Å². The summed E-state index contributed by atoms with van der Waals surface area (Å²) in [6.45, 7) is 5.64. The number of ether oxygens (including phenoxy) is 2. The predicted octanol–water partition coefficient (Wildman–Crippen LogP) is 3.61. The molecule has 1 aromatic rings. The Morgan fingerprint density at radius 2 is 1.81 bits per heavy atom. The van der Waals surface area contributed by atoms with Gasteiger partial charge in [0.15, 0.2) is 6.61 Å². The van der Waals surface area contributed by atoms with E-state index in [1.807, 2.05) is 11.8 Å². The second-order valence-corrected chi connectivity index (χ2v) is 7.25. The molecular formula is C21H32N2O4. The van der Waals surface area contributed by atoms with Crippen molar-refractivity contribution in [1.29, 1.82) is 0 Å². The molecule has 6 nitrogen and oxygen atoms in total. The van der Waals surface area contributed by atoms with Gasteiger partial charge in [-0.1, -0.05) is 26.2 Å². The number of carbonyl (C=O) groups excluding carboxylic acids is 2. The summed E-state index contributed by atoms with van der Waals surface area (Å²) in [6, 6.07) is 7.06. The molecule has 0 aliphatic carbocycles. The fourth-order valence-corrected chi connectivity index (χ4v) is 3.12. The van der Waals surface area contributed by atoms with Crippen LogP contribution in [-0.4, -0.2) is 49.1 Å². The van der Waals surface area contributed by atoms with Gasteiger partial charge in [0, 0.05) is 25.9 Å². The Balaban J connectivity index is 1.84. The van der Waals surface area contributed by atoms with Gasteiger partial charge < -0.3 is 19.7 Å².